The van der Waals surface area contributed by atoms with E-state index in [1.807, 2.05) is 6.07 Å². The van der Waals surface area contributed by atoms with Crippen molar-refractivity contribution in [1.82, 2.24) is 15.3 Å². The number of nitrogens with one attached hydrogen (secondary N) is 1. The third-order valence-electron chi connectivity index (χ3n) is 2.58. The Morgan fingerprint density at radius 3 is 3.00 bits per heavy atom. The summed E-state index contributed by atoms with van der Waals surface area (Å²) >= 11 is 5.13. The van der Waals surface area contributed by atoms with Crippen molar-refractivity contribution in [2.24, 2.45) is 0 Å². The van der Waals surface area contributed by atoms with E-state index in [9.17, 15) is 0 Å². The van der Waals surface area contributed by atoms with Gasteiger partial charge < -0.3 is 10.1 Å². The lowest BCUT2D eigenvalue weighted by Crippen LogP contribution is -2.18. The molecule has 0 spiro atoms. The molecule has 0 saturated heterocycles. The monoisotopic (exact) mass is 353 g/mol. The maximum atomic E-state index is 5.03. The zero-order valence-electron chi connectivity index (χ0n) is 11.2. The minimum Gasteiger partial charge on any atom is -0.383 e. The normalized spacial score (nSPS) is 10.7. The predicted molar refractivity (Wildman–Crippen MR) is 83.9 cm³/mol. The van der Waals surface area contributed by atoms with Crippen LogP contribution in [0.1, 0.15) is 5.56 Å². The molecular weight excluding hydrogens is 338 g/mol. The minimum atomic E-state index is 0.711. The molecule has 1 N–H and O–H groups in total. The van der Waals surface area contributed by atoms with Crippen LogP contribution in [0.5, 0.6) is 0 Å². The lowest BCUT2D eigenvalue weighted by molar-refractivity contribution is 0.199. The quantitative estimate of drug-likeness (QED) is 0.774. The smallest absolute Gasteiger partial charge is 0.119 e. The first-order valence-electron chi connectivity index (χ1n) is 6.21. The first-order valence-corrected chi connectivity index (χ1v) is 7.82. The van der Waals surface area contributed by atoms with Gasteiger partial charge >= 0.3 is 0 Å². The molecule has 0 aliphatic heterocycles. The Labute approximate surface area is 131 Å². The van der Waals surface area contributed by atoms with E-state index in [0.717, 1.165) is 22.6 Å². The van der Waals surface area contributed by atoms with Crippen molar-refractivity contribution in [2.45, 2.75) is 16.5 Å². The summed E-state index contributed by atoms with van der Waals surface area (Å²) in [4.78, 5) is 9.56. The molecule has 6 heteroatoms. The van der Waals surface area contributed by atoms with Gasteiger partial charge in [0.15, 0.2) is 0 Å². The third-order valence-corrected chi connectivity index (χ3v) is 4.09. The molecule has 20 heavy (non-hydrogen) atoms. The van der Waals surface area contributed by atoms with Gasteiger partial charge in [0.2, 0.25) is 0 Å². The molecule has 0 saturated carbocycles. The van der Waals surface area contributed by atoms with Gasteiger partial charge in [0.05, 0.1) is 12.8 Å². The van der Waals surface area contributed by atoms with Crippen molar-refractivity contribution < 1.29 is 4.74 Å². The van der Waals surface area contributed by atoms with Gasteiger partial charge in [-0.3, -0.25) is 4.98 Å². The Kier molecular flexibility index (Phi) is 6.46. The van der Waals surface area contributed by atoms with Crippen molar-refractivity contribution in [2.75, 3.05) is 20.3 Å². The number of benzene rings is 1. The van der Waals surface area contributed by atoms with Crippen LogP contribution in [0.4, 0.5) is 0 Å². The average Bonchev–Trinajstić information content (AvgIpc) is 2.47. The molecule has 2 aromatic rings. The molecular formula is C14H16BrN3OS. The first-order chi connectivity index (χ1) is 9.79. The Morgan fingerprint density at radius 2 is 2.25 bits per heavy atom. The zero-order chi connectivity index (χ0) is 14.2. The summed E-state index contributed by atoms with van der Waals surface area (Å²) < 4.78 is 6.09. The van der Waals surface area contributed by atoms with E-state index in [0.29, 0.717) is 6.61 Å². The second-order valence-electron chi connectivity index (χ2n) is 4.07. The van der Waals surface area contributed by atoms with Crippen LogP contribution in [-0.4, -0.2) is 30.2 Å². The van der Waals surface area contributed by atoms with E-state index in [-0.39, 0.29) is 0 Å². The fraction of sp³-hybridized carbons (Fsp3) is 0.286. The van der Waals surface area contributed by atoms with Crippen LogP contribution in [-0.2, 0) is 11.3 Å². The lowest BCUT2D eigenvalue weighted by atomic mass is 10.2. The molecule has 0 radical (unpaired) electrons. The maximum absolute atomic E-state index is 5.03. The minimum absolute atomic E-state index is 0.711. The summed E-state index contributed by atoms with van der Waals surface area (Å²) in [5.74, 6) is 0. The highest BCUT2D eigenvalue weighted by atomic mass is 79.9. The highest BCUT2D eigenvalue weighted by molar-refractivity contribution is 9.10. The number of nitrogens with zero attached hydrogens (tertiary/aromatic N) is 2. The van der Waals surface area contributed by atoms with Crippen molar-refractivity contribution in [3.05, 3.63) is 46.8 Å². The standard InChI is InChI=1S/C14H16BrN3OS/c1-19-7-6-17-9-11-2-3-12(15)8-13(11)20-14-10-16-4-5-18-14/h2-5,8,10,17H,6-7,9H2,1H3. The van der Waals surface area contributed by atoms with Gasteiger partial charge in [0.1, 0.15) is 5.03 Å². The van der Waals surface area contributed by atoms with Crippen molar-refractivity contribution in [3.63, 3.8) is 0 Å². The number of methoxy groups -OCH3 is 1. The van der Waals surface area contributed by atoms with E-state index < -0.39 is 0 Å². The van der Waals surface area contributed by atoms with Gasteiger partial charge in [-0.15, -0.1) is 0 Å². The number of aromatic nitrogens is 2. The summed E-state index contributed by atoms with van der Waals surface area (Å²) in [5.41, 5.74) is 1.24. The van der Waals surface area contributed by atoms with Crippen LogP contribution < -0.4 is 5.32 Å². The summed E-state index contributed by atoms with van der Waals surface area (Å²) in [6, 6.07) is 6.27. The number of ether oxygens (including phenoxy) is 1. The van der Waals surface area contributed by atoms with Crippen molar-refractivity contribution in [1.29, 1.82) is 0 Å². The third kappa shape index (κ3) is 4.86. The van der Waals surface area contributed by atoms with E-state index in [2.05, 4.69) is 43.3 Å². The molecule has 1 heterocycles. The van der Waals surface area contributed by atoms with Crippen LogP contribution in [0.2, 0.25) is 0 Å². The van der Waals surface area contributed by atoms with Crippen molar-refractivity contribution >= 4 is 27.7 Å². The number of hydrogen-bond donors (Lipinski definition) is 1. The second kappa shape index (κ2) is 8.36. The number of hydrogen-bond acceptors (Lipinski definition) is 5. The molecule has 0 amide bonds. The number of rotatable bonds is 7. The first kappa shape index (κ1) is 15.4. The van der Waals surface area contributed by atoms with Crippen LogP contribution in [0.25, 0.3) is 0 Å². The van der Waals surface area contributed by atoms with Gasteiger partial charge in [-0.2, -0.15) is 0 Å². The summed E-state index contributed by atoms with van der Waals surface area (Å²) in [6.45, 7) is 2.35. The molecule has 4 nitrogen and oxygen atoms in total. The maximum Gasteiger partial charge on any atom is 0.119 e. The molecule has 0 unspecified atom stereocenters. The van der Waals surface area contributed by atoms with Gasteiger partial charge in [0.25, 0.3) is 0 Å². The highest BCUT2D eigenvalue weighted by Gasteiger charge is 2.06. The lowest BCUT2D eigenvalue weighted by Gasteiger charge is -2.10. The van der Waals surface area contributed by atoms with E-state index in [1.165, 1.54) is 10.5 Å². The fourth-order valence-corrected chi connectivity index (χ4v) is 3.04. The fourth-order valence-electron chi connectivity index (χ4n) is 1.62. The number of halogens is 1. The SMILES string of the molecule is COCCNCc1ccc(Br)cc1Sc1cnccn1. The van der Waals surface area contributed by atoms with Gasteiger partial charge in [0, 0.05) is 42.0 Å². The van der Waals surface area contributed by atoms with E-state index >= 15 is 0 Å². The molecule has 0 bridgehead atoms. The molecule has 2 rings (SSSR count). The molecule has 0 aliphatic carbocycles. The molecule has 1 aromatic carbocycles. The molecule has 1 aromatic heterocycles. The van der Waals surface area contributed by atoms with Crippen LogP contribution in [0, 0.1) is 0 Å². The zero-order valence-corrected chi connectivity index (χ0v) is 13.6. The van der Waals surface area contributed by atoms with Crippen LogP contribution in [0.3, 0.4) is 0 Å². The average molecular weight is 354 g/mol. The topological polar surface area (TPSA) is 47.0 Å². The van der Waals surface area contributed by atoms with Crippen molar-refractivity contribution in [3.8, 4) is 0 Å². The summed E-state index contributed by atoms with van der Waals surface area (Å²) in [6.07, 6.45) is 5.16. The highest BCUT2D eigenvalue weighted by Crippen LogP contribution is 2.31. The molecule has 106 valence electrons. The Balaban J connectivity index is 2.07. The second-order valence-corrected chi connectivity index (χ2v) is 6.05. The Bertz CT molecular complexity index is 539. The molecule has 0 atom stereocenters. The Hall–Kier alpha value is -0.950. The van der Waals surface area contributed by atoms with Gasteiger partial charge in [-0.05, 0) is 17.7 Å². The summed E-state index contributed by atoms with van der Waals surface area (Å²) in [5, 5.41) is 4.25. The molecule has 0 fully saturated rings. The Morgan fingerprint density at radius 1 is 1.35 bits per heavy atom. The largest absolute Gasteiger partial charge is 0.383 e. The molecule has 0 aliphatic rings. The van der Waals surface area contributed by atoms with Crippen LogP contribution in [0.15, 0.2) is 51.2 Å². The van der Waals surface area contributed by atoms with E-state index in [1.54, 1.807) is 37.5 Å². The van der Waals surface area contributed by atoms with Gasteiger partial charge in [-0.1, -0.05) is 33.8 Å². The summed E-state index contributed by atoms with van der Waals surface area (Å²) in [7, 11) is 1.71. The van der Waals surface area contributed by atoms with E-state index in [4.69, 9.17) is 4.74 Å². The predicted octanol–water partition coefficient (Wildman–Crippen LogP) is 3.13. The van der Waals surface area contributed by atoms with Crippen LogP contribution >= 0.6 is 27.7 Å². The van der Waals surface area contributed by atoms with Gasteiger partial charge in [-0.25, -0.2) is 4.98 Å².